The van der Waals surface area contributed by atoms with Crippen LogP contribution in [0.15, 0.2) is 30.5 Å². The normalized spacial score (nSPS) is 10.8. The first-order valence-electron chi connectivity index (χ1n) is 6.24. The third kappa shape index (κ3) is 3.14. The van der Waals surface area contributed by atoms with Crippen molar-refractivity contribution in [2.45, 2.75) is 26.5 Å². The van der Waals surface area contributed by atoms with E-state index in [1.165, 1.54) is 6.07 Å². The van der Waals surface area contributed by atoms with Crippen molar-refractivity contribution in [3.63, 3.8) is 0 Å². The summed E-state index contributed by atoms with van der Waals surface area (Å²) in [6.07, 6.45) is 1.88. The van der Waals surface area contributed by atoms with Gasteiger partial charge in [-0.25, -0.2) is 4.39 Å². The summed E-state index contributed by atoms with van der Waals surface area (Å²) in [5.41, 5.74) is 6.41. The molecule has 2 aromatic rings. The van der Waals surface area contributed by atoms with E-state index in [0.29, 0.717) is 5.75 Å². The summed E-state index contributed by atoms with van der Waals surface area (Å²) in [6, 6.07) is 6.63. The SMILES string of the molecule is CC(C)n1ccc(COc2cccc(F)c2C(N)=S)n1. The second-order valence-electron chi connectivity index (χ2n) is 4.65. The smallest absolute Gasteiger partial charge is 0.137 e. The van der Waals surface area contributed by atoms with Crippen LogP contribution >= 0.6 is 12.2 Å². The molecule has 0 radical (unpaired) electrons. The van der Waals surface area contributed by atoms with Gasteiger partial charge < -0.3 is 10.5 Å². The molecule has 0 amide bonds. The molecule has 0 saturated carbocycles. The van der Waals surface area contributed by atoms with Crippen molar-refractivity contribution in [2.75, 3.05) is 0 Å². The molecule has 0 atom stereocenters. The maximum atomic E-state index is 13.7. The van der Waals surface area contributed by atoms with Crippen LogP contribution in [0.25, 0.3) is 0 Å². The van der Waals surface area contributed by atoms with Gasteiger partial charge in [0.05, 0.1) is 11.3 Å². The molecule has 0 aliphatic heterocycles. The molecule has 1 aromatic heterocycles. The highest BCUT2D eigenvalue weighted by Crippen LogP contribution is 2.22. The number of benzene rings is 1. The Morgan fingerprint density at radius 1 is 1.45 bits per heavy atom. The average molecular weight is 293 g/mol. The van der Waals surface area contributed by atoms with E-state index >= 15 is 0 Å². The number of hydrogen-bond acceptors (Lipinski definition) is 3. The van der Waals surface area contributed by atoms with E-state index in [0.717, 1.165) is 5.69 Å². The molecule has 6 heteroatoms. The Kier molecular flexibility index (Phi) is 4.34. The molecule has 20 heavy (non-hydrogen) atoms. The predicted molar refractivity (Wildman–Crippen MR) is 79.2 cm³/mol. The largest absolute Gasteiger partial charge is 0.486 e. The van der Waals surface area contributed by atoms with Gasteiger partial charge in [0.15, 0.2) is 0 Å². The number of hydrogen-bond donors (Lipinski definition) is 1. The van der Waals surface area contributed by atoms with Gasteiger partial charge in [-0.15, -0.1) is 0 Å². The van der Waals surface area contributed by atoms with Crippen molar-refractivity contribution in [3.8, 4) is 5.75 Å². The molecule has 1 heterocycles. The fraction of sp³-hybridized carbons (Fsp3) is 0.286. The lowest BCUT2D eigenvalue weighted by atomic mass is 10.2. The van der Waals surface area contributed by atoms with Gasteiger partial charge in [0.25, 0.3) is 0 Å². The topological polar surface area (TPSA) is 53.1 Å². The number of ether oxygens (including phenoxy) is 1. The number of thiocarbonyl (C=S) groups is 1. The molecular weight excluding hydrogens is 277 g/mol. The highest BCUT2D eigenvalue weighted by molar-refractivity contribution is 7.80. The Labute approximate surface area is 122 Å². The fourth-order valence-corrected chi connectivity index (χ4v) is 1.96. The Hall–Kier alpha value is -1.95. The van der Waals surface area contributed by atoms with Gasteiger partial charge in [-0.2, -0.15) is 5.10 Å². The zero-order valence-corrected chi connectivity index (χ0v) is 12.2. The van der Waals surface area contributed by atoms with Crippen LogP contribution in [0.2, 0.25) is 0 Å². The molecular formula is C14H16FN3OS. The Bertz CT molecular complexity index is 625. The highest BCUT2D eigenvalue weighted by atomic mass is 32.1. The molecule has 0 spiro atoms. The summed E-state index contributed by atoms with van der Waals surface area (Å²) in [4.78, 5) is -0.0224. The second kappa shape index (κ2) is 6.00. The van der Waals surface area contributed by atoms with Crippen molar-refractivity contribution in [1.82, 2.24) is 9.78 Å². The van der Waals surface area contributed by atoms with Gasteiger partial charge in [-0.3, -0.25) is 4.68 Å². The van der Waals surface area contributed by atoms with E-state index in [9.17, 15) is 4.39 Å². The van der Waals surface area contributed by atoms with E-state index in [1.807, 2.05) is 30.8 Å². The average Bonchev–Trinajstić information content (AvgIpc) is 2.84. The van der Waals surface area contributed by atoms with Crippen molar-refractivity contribution < 1.29 is 9.13 Å². The van der Waals surface area contributed by atoms with Crippen molar-refractivity contribution >= 4 is 17.2 Å². The molecule has 106 valence electrons. The number of nitrogens with two attached hydrogens (primary N) is 1. The van der Waals surface area contributed by atoms with Crippen LogP contribution in [-0.4, -0.2) is 14.8 Å². The molecule has 2 N–H and O–H groups in total. The summed E-state index contributed by atoms with van der Waals surface area (Å²) in [6.45, 7) is 4.31. The summed E-state index contributed by atoms with van der Waals surface area (Å²) in [5, 5.41) is 4.36. The quantitative estimate of drug-likeness (QED) is 0.861. The lowest BCUT2D eigenvalue weighted by Gasteiger charge is -2.10. The first-order chi connectivity index (χ1) is 9.49. The van der Waals surface area contributed by atoms with E-state index in [-0.39, 0.29) is 23.2 Å². The van der Waals surface area contributed by atoms with Gasteiger partial charge in [-0.1, -0.05) is 18.3 Å². The molecule has 0 fully saturated rings. The highest BCUT2D eigenvalue weighted by Gasteiger charge is 2.13. The zero-order chi connectivity index (χ0) is 14.7. The maximum Gasteiger partial charge on any atom is 0.137 e. The zero-order valence-electron chi connectivity index (χ0n) is 11.3. The summed E-state index contributed by atoms with van der Waals surface area (Å²) in [5.74, 6) is -0.153. The summed E-state index contributed by atoms with van der Waals surface area (Å²) < 4.78 is 21.1. The number of rotatable bonds is 5. The van der Waals surface area contributed by atoms with Crippen LogP contribution in [-0.2, 0) is 6.61 Å². The number of halogens is 1. The van der Waals surface area contributed by atoms with Crippen LogP contribution in [0.5, 0.6) is 5.75 Å². The summed E-state index contributed by atoms with van der Waals surface area (Å²) in [7, 11) is 0. The number of aromatic nitrogens is 2. The van der Waals surface area contributed by atoms with Gasteiger partial charge >= 0.3 is 0 Å². The van der Waals surface area contributed by atoms with E-state index in [4.69, 9.17) is 22.7 Å². The van der Waals surface area contributed by atoms with E-state index < -0.39 is 5.82 Å². The van der Waals surface area contributed by atoms with Crippen LogP contribution in [0.4, 0.5) is 4.39 Å². The molecule has 0 aliphatic rings. The first kappa shape index (κ1) is 14.5. The van der Waals surface area contributed by atoms with Crippen molar-refractivity contribution in [3.05, 3.63) is 47.5 Å². The van der Waals surface area contributed by atoms with Crippen LogP contribution in [0.3, 0.4) is 0 Å². The molecule has 0 bridgehead atoms. The Morgan fingerprint density at radius 3 is 2.80 bits per heavy atom. The molecule has 1 aromatic carbocycles. The van der Waals surface area contributed by atoms with Gasteiger partial charge in [0.1, 0.15) is 23.2 Å². The molecule has 0 saturated heterocycles. The van der Waals surface area contributed by atoms with Crippen molar-refractivity contribution in [1.29, 1.82) is 0 Å². The third-order valence-corrected chi connectivity index (χ3v) is 2.99. The monoisotopic (exact) mass is 293 g/mol. The fourth-order valence-electron chi connectivity index (χ4n) is 1.76. The maximum absolute atomic E-state index is 13.7. The minimum atomic E-state index is -0.484. The van der Waals surface area contributed by atoms with E-state index in [2.05, 4.69) is 5.10 Å². The molecule has 0 unspecified atom stereocenters. The minimum Gasteiger partial charge on any atom is -0.486 e. The first-order valence-corrected chi connectivity index (χ1v) is 6.65. The summed E-state index contributed by atoms with van der Waals surface area (Å²) >= 11 is 4.84. The lowest BCUT2D eigenvalue weighted by molar-refractivity contribution is 0.296. The van der Waals surface area contributed by atoms with Crippen LogP contribution in [0, 0.1) is 5.82 Å². The standard InChI is InChI=1S/C14H16FN3OS/c1-9(2)18-7-6-10(17-18)8-19-12-5-3-4-11(15)13(12)14(16)20/h3-7,9H,8H2,1-2H3,(H2,16,20). The number of nitrogens with zero attached hydrogens (tertiary/aromatic N) is 2. The van der Waals surface area contributed by atoms with Crippen LogP contribution in [0.1, 0.15) is 31.1 Å². The molecule has 4 nitrogen and oxygen atoms in total. The molecule has 2 rings (SSSR count). The van der Waals surface area contributed by atoms with E-state index in [1.54, 1.807) is 12.1 Å². The van der Waals surface area contributed by atoms with Crippen LogP contribution < -0.4 is 10.5 Å². The second-order valence-corrected chi connectivity index (χ2v) is 5.09. The van der Waals surface area contributed by atoms with Crippen molar-refractivity contribution in [2.24, 2.45) is 5.73 Å². The van der Waals surface area contributed by atoms with Gasteiger partial charge in [-0.05, 0) is 32.0 Å². The predicted octanol–water partition coefficient (Wildman–Crippen LogP) is 2.82. The Morgan fingerprint density at radius 2 is 2.20 bits per heavy atom. The molecule has 0 aliphatic carbocycles. The Balaban J connectivity index is 2.14. The lowest BCUT2D eigenvalue weighted by Crippen LogP contribution is -2.14. The minimum absolute atomic E-state index is 0.0224. The van der Waals surface area contributed by atoms with Gasteiger partial charge in [0.2, 0.25) is 0 Å². The van der Waals surface area contributed by atoms with Gasteiger partial charge in [0, 0.05) is 12.2 Å². The third-order valence-electron chi connectivity index (χ3n) is 2.79.